The quantitative estimate of drug-likeness (QED) is 0.676. The van der Waals surface area contributed by atoms with E-state index in [4.69, 9.17) is 5.48 Å². The van der Waals surface area contributed by atoms with E-state index in [-0.39, 0.29) is 6.42 Å². The zero-order chi connectivity index (χ0) is 20.5. The number of hydrogen-bond acceptors (Lipinski definition) is 2. The molecule has 3 nitrogen and oxygen atoms in total. The van der Waals surface area contributed by atoms with Gasteiger partial charge in [0.2, 0.25) is 5.69 Å². The van der Waals surface area contributed by atoms with Crippen LogP contribution in [0.5, 0.6) is 0 Å². The van der Waals surface area contributed by atoms with Crippen molar-refractivity contribution in [2.24, 2.45) is 12.9 Å². The van der Waals surface area contributed by atoms with Crippen molar-refractivity contribution in [3.05, 3.63) is 66.2 Å². The Morgan fingerprint density at radius 1 is 1.21 bits per heavy atom. The average molecular weight is 322 g/mol. The molecule has 3 aromatic rings. The molecule has 2 heterocycles. The second kappa shape index (κ2) is 6.91. The summed E-state index contributed by atoms with van der Waals surface area (Å²) in [7, 11) is 1.99. The van der Waals surface area contributed by atoms with E-state index < -0.39 is 12.7 Å². The van der Waals surface area contributed by atoms with Gasteiger partial charge in [-0.1, -0.05) is 32.0 Å². The van der Waals surface area contributed by atoms with Crippen LogP contribution in [0.3, 0.4) is 0 Å². The van der Waals surface area contributed by atoms with E-state index in [0.29, 0.717) is 11.5 Å². The Hall–Kier alpha value is -2.55. The normalized spacial score (nSPS) is 16.5. The number of nitrogens with zero attached hydrogens (tertiary/aromatic N) is 3. The highest BCUT2D eigenvalue weighted by Gasteiger charge is 2.14. The molecular formula is C21H24N3+. The van der Waals surface area contributed by atoms with E-state index >= 15 is 0 Å². The van der Waals surface area contributed by atoms with Crippen LogP contribution in [0.2, 0.25) is 0 Å². The molecule has 1 unspecified atom stereocenters. The van der Waals surface area contributed by atoms with Gasteiger partial charge in [-0.15, -0.1) is 0 Å². The smallest absolute Gasteiger partial charge is 0.212 e. The first-order chi connectivity index (χ1) is 13.1. The van der Waals surface area contributed by atoms with Crippen molar-refractivity contribution < 1.29 is 10.1 Å². The molecule has 2 aromatic heterocycles. The van der Waals surface area contributed by atoms with Crippen molar-refractivity contribution in [2.75, 3.05) is 0 Å². The van der Waals surface area contributed by atoms with Gasteiger partial charge in [0.1, 0.15) is 12.9 Å². The lowest BCUT2D eigenvalue weighted by Gasteiger charge is -2.07. The SMILES string of the molecule is [2H]C([2H])([2H])C([2H])(C)Cc1nccc(-c2ccc(-c3ccccc3C)[n+](C)c2)n1. The van der Waals surface area contributed by atoms with Crippen molar-refractivity contribution >= 4 is 0 Å². The van der Waals surface area contributed by atoms with E-state index in [2.05, 4.69) is 39.7 Å². The Labute approximate surface area is 149 Å². The maximum Gasteiger partial charge on any atom is 0.212 e. The number of rotatable bonds is 4. The van der Waals surface area contributed by atoms with Crippen LogP contribution in [0.1, 0.15) is 30.6 Å². The van der Waals surface area contributed by atoms with Gasteiger partial charge in [-0.3, -0.25) is 0 Å². The minimum Gasteiger partial charge on any atom is -0.241 e. The van der Waals surface area contributed by atoms with Crippen molar-refractivity contribution in [3.8, 4) is 22.5 Å². The monoisotopic (exact) mass is 322 g/mol. The fourth-order valence-electron chi connectivity index (χ4n) is 2.78. The molecule has 1 aromatic carbocycles. The first-order valence-electron chi connectivity index (χ1n) is 9.96. The standard InChI is InChI=1S/C21H24N3/c1-15(2)13-21-22-12-11-19(23-21)17-9-10-20(24(4)14-17)18-8-6-5-7-16(18)3/h5-12,14-15H,13H2,1-4H3/q+1/i1D3,15D. The highest BCUT2D eigenvalue weighted by Crippen LogP contribution is 2.22. The van der Waals surface area contributed by atoms with Crippen molar-refractivity contribution in [1.29, 1.82) is 0 Å². The van der Waals surface area contributed by atoms with E-state index in [1.54, 1.807) is 12.3 Å². The highest BCUT2D eigenvalue weighted by atomic mass is 14.9. The van der Waals surface area contributed by atoms with Gasteiger partial charge >= 0.3 is 0 Å². The van der Waals surface area contributed by atoms with Crippen LogP contribution in [0.15, 0.2) is 54.9 Å². The fraction of sp³-hybridized carbons (Fsp3) is 0.286. The summed E-state index contributed by atoms with van der Waals surface area (Å²) in [5.41, 5.74) is 5.08. The summed E-state index contributed by atoms with van der Waals surface area (Å²) >= 11 is 0. The summed E-state index contributed by atoms with van der Waals surface area (Å²) in [4.78, 5) is 8.68. The maximum absolute atomic E-state index is 8.12. The van der Waals surface area contributed by atoms with Crippen LogP contribution in [0.4, 0.5) is 0 Å². The zero-order valence-electron chi connectivity index (χ0n) is 18.2. The Kier molecular flexibility index (Phi) is 3.43. The van der Waals surface area contributed by atoms with Gasteiger partial charge in [0.05, 0.1) is 11.3 Å². The van der Waals surface area contributed by atoms with Gasteiger partial charge in [0.25, 0.3) is 0 Å². The summed E-state index contributed by atoms with van der Waals surface area (Å²) in [6.45, 7) is 1.09. The van der Waals surface area contributed by atoms with Crippen molar-refractivity contribution in [3.63, 3.8) is 0 Å². The van der Waals surface area contributed by atoms with E-state index in [1.807, 2.05) is 31.4 Å². The van der Waals surface area contributed by atoms with Crippen LogP contribution >= 0.6 is 0 Å². The summed E-state index contributed by atoms with van der Waals surface area (Å²) in [6.07, 6.45) is 3.57. The largest absolute Gasteiger partial charge is 0.241 e. The first kappa shape index (κ1) is 11.9. The molecular weight excluding hydrogens is 294 g/mol. The van der Waals surface area contributed by atoms with Gasteiger partial charge in [0.15, 0.2) is 6.20 Å². The molecule has 24 heavy (non-hydrogen) atoms. The molecule has 0 aliphatic carbocycles. The van der Waals surface area contributed by atoms with Crippen molar-refractivity contribution in [2.45, 2.75) is 27.1 Å². The van der Waals surface area contributed by atoms with Crippen LogP contribution in [-0.2, 0) is 13.5 Å². The average Bonchev–Trinajstić information content (AvgIpc) is 2.61. The Bertz CT molecular complexity index is 997. The number of aromatic nitrogens is 3. The molecule has 0 aliphatic heterocycles. The molecule has 0 radical (unpaired) electrons. The zero-order valence-corrected chi connectivity index (χ0v) is 14.2. The van der Waals surface area contributed by atoms with Gasteiger partial charge in [-0.25, -0.2) is 14.5 Å². The second-order valence-corrected chi connectivity index (χ2v) is 6.04. The predicted octanol–water partition coefficient (Wildman–Crippen LogP) is 4.14. The Balaban J connectivity index is 1.93. The molecule has 0 saturated carbocycles. The van der Waals surface area contributed by atoms with E-state index in [0.717, 1.165) is 11.3 Å². The molecule has 0 saturated heterocycles. The lowest BCUT2D eigenvalue weighted by atomic mass is 10.0. The summed E-state index contributed by atoms with van der Waals surface area (Å²) in [5.74, 6) is -1.28. The molecule has 0 aliphatic rings. The maximum atomic E-state index is 8.12. The summed E-state index contributed by atoms with van der Waals surface area (Å²) in [5, 5.41) is 0. The predicted molar refractivity (Wildman–Crippen MR) is 97.4 cm³/mol. The van der Waals surface area contributed by atoms with Crippen molar-refractivity contribution in [1.82, 2.24) is 9.97 Å². The summed E-state index contributed by atoms with van der Waals surface area (Å²) in [6, 6.07) is 14.1. The number of aryl methyl sites for hydroxylation is 2. The molecule has 122 valence electrons. The number of pyridine rings is 1. The van der Waals surface area contributed by atoms with E-state index in [9.17, 15) is 0 Å². The molecule has 0 amide bonds. The first-order valence-corrected chi connectivity index (χ1v) is 7.96. The van der Waals surface area contributed by atoms with Gasteiger partial charge < -0.3 is 0 Å². The Morgan fingerprint density at radius 2 is 2.04 bits per heavy atom. The lowest BCUT2D eigenvalue weighted by Crippen LogP contribution is -2.31. The topological polar surface area (TPSA) is 29.7 Å². The fourth-order valence-corrected chi connectivity index (χ4v) is 2.78. The lowest BCUT2D eigenvalue weighted by molar-refractivity contribution is -0.659. The molecule has 0 N–H and O–H groups in total. The van der Waals surface area contributed by atoms with Gasteiger partial charge in [0, 0.05) is 29.7 Å². The van der Waals surface area contributed by atoms with Gasteiger partial charge in [-0.2, -0.15) is 0 Å². The second-order valence-electron chi connectivity index (χ2n) is 6.04. The minimum absolute atomic E-state index is 0.0369. The Morgan fingerprint density at radius 3 is 2.79 bits per heavy atom. The summed E-state index contributed by atoms with van der Waals surface area (Å²) < 4.78 is 32.8. The molecule has 0 spiro atoms. The van der Waals surface area contributed by atoms with Gasteiger partial charge in [-0.05, 0) is 36.6 Å². The van der Waals surface area contributed by atoms with E-state index in [1.165, 1.54) is 18.1 Å². The van der Waals surface area contributed by atoms with Crippen LogP contribution in [0, 0.1) is 12.8 Å². The van der Waals surface area contributed by atoms with Crippen LogP contribution < -0.4 is 4.57 Å². The molecule has 0 fully saturated rings. The third-order valence-electron chi connectivity index (χ3n) is 3.98. The molecule has 3 rings (SSSR count). The molecule has 3 heteroatoms. The number of hydrogen-bond donors (Lipinski definition) is 0. The molecule has 0 bridgehead atoms. The number of benzene rings is 1. The third kappa shape index (κ3) is 3.51. The third-order valence-corrected chi connectivity index (χ3v) is 3.98. The minimum atomic E-state index is -2.39. The van der Waals surface area contributed by atoms with Crippen LogP contribution in [0.25, 0.3) is 22.5 Å². The van der Waals surface area contributed by atoms with Crippen LogP contribution in [-0.4, -0.2) is 9.97 Å². The highest BCUT2D eigenvalue weighted by molar-refractivity contribution is 5.64. The molecule has 1 atom stereocenters.